The molecule has 30 heavy (non-hydrogen) atoms. The molecule has 0 radical (unpaired) electrons. The lowest BCUT2D eigenvalue weighted by Crippen LogP contribution is -2.30. The van der Waals surface area contributed by atoms with Crippen molar-refractivity contribution >= 4 is 35.0 Å². The number of aryl methyl sites for hydroxylation is 2. The van der Waals surface area contributed by atoms with Gasteiger partial charge < -0.3 is 10.1 Å². The number of hydrogen-bond acceptors (Lipinski definition) is 3. The van der Waals surface area contributed by atoms with Gasteiger partial charge in [-0.25, -0.2) is 0 Å². The molecule has 1 heterocycles. The number of ether oxygens (including phenoxy) is 1. The van der Waals surface area contributed by atoms with Crippen LogP contribution in [0.15, 0.2) is 78.5 Å². The molecule has 0 spiro atoms. The third-order valence-electron chi connectivity index (χ3n) is 4.93. The van der Waals surface area contributed by atoms with Crippen molar-refractivity contribution in [1.82, 2.24) is 5.32 Å². The SMILES string of the molecule is Cc1ccc(COc2cccc(/C=C3\NC(=S)N(c4ccccc4C)C3=O)c2)cc1. The second-order valence-electron chi connectivity index (χ2n) is 7.26. The molecular formula is C25H22N2O2S. The molecule has 0 unspecified atom stereocenters. The number of para-hydroxylation sites is 1. The van der Waals surface area contributed by atoms with Gasteiger partial charge >= 0.3 is 0 Å². The Morgan fingerprint density at radius 3 is 2.53 bits per heavy atom. The Labute approximate surface area is 181 Å². The predicted octanol–water partition coefficient (Wildman–Crippen LogP) is 5.14. The van der Waals surface area contributed by atoms with Crippen LogP contribution in [-0.4, -0.2) is 11.0 Å². The molecule has 150 valence electrons. The highest BCUT2D eigenvalue weighted by molar-refractivity contribution is 7.80. The fraction of sp³-hybridized carbons (Fsp3) is 0.120. The van der Waals surface area contributed by atoms with Gasteiger partial charge in [-0.1, -0.05) is 60.2 Å². The summed E-state index contributed by atoms with van der Waals surface area (Å²) in [5.41, 5.74) is 5.41. The van der Waals surface area contributed by atoms with Crippen LogP contribution in [0, 0.1) is 13.8 Å². The summed E-state index contributed by atoms with van der Waals surface area (Å²) < 4.78 is 5.92. The second kappa shape index (κ2) is 8.51. The highest BCUT2D eigenvalue weighted by atomic mass is 32.1. The van der Waals surface area contributed by atoms with Gasteiger partial charge in [0.15, 0.2) is 5.11 Å². The number of hydrogen-bond donors (Lipinski definition) is 1. The zero-order chi connectivity index (χ0) is 21.1. The zero-order valence-electron chi connectivity index (χ0n) is 16.9. The molecule has 1 aliphatic heterocycles. The maximum absolute atomic E-state index is 13.0. The Balaban J connectivity index is 1.51. The first kappa shape index (κ1) is 19.9. The molecule has 0 aliphatic carbocycles. The van der Waals surface area contributed by atoms with Crippen LogP contribution in [0.4, 0.5) is 5.69 Å². The van der Waals surface area contributed by atoms with Crippen LogP contribution >= 0.6 is 12.2 Å². The van der Waals surface area contributed by atoms with Gasteiger partial charge in [-0.05, 0) is 67.0 Å². The number of benzene rings is 3. The summed E-state index contributed by atoms with van der Waals surface area (Å²) >= 11 is 5.41. The number of anilines is 1. The van der Waals surface area contributed by atoms with Crippen molar-refractivity contribution in [2.75, 3.05) is 4.90 Å². The predicted molar refractivity (Wildman–Crippen MR) is 124 cm³/mol. The van der Waals surface area contributed by atoms with E-state index in [-0.39, 0.29) is 5.91 Å². The fourth-order valence-electron chi connectivity index (χ4n) is 3.28. The minimum Gasteiger partial charge on any atom is -0.489 e. The summed E-state index contributed by atoms with van der Waals surface area (Å²) in [6, 6.07) is 23.6. The summed E-state index contributed by atoms with van der Waals surface area (Å²) in [7, 11) is 0. The molecule has 0 atom stereocenters. The number of carbonyl (C=O) groups excluding carboxylic acids is 1. The highest BCUT2D eigenvalue weighted by Crippen LogP contribution is 2.26. The standard InChI is InChI=1S/C25H22N2O2S/c1-17-10-12-19(13-11-17)16-29-21-8-5-7-20(14-21)15-22-24(28)27(25(30)26-22)23-9-4-3-6-18(23)2/h3-15H,16H2,1-2H3,(H,26,30)/b22-15-. The van der Waals surface area contributed by atoms with E-state index in [9.17, 15) is 4.79 Å². The van der Waals surface area contributed by atoms with Crippen molar-refractivity contribution < 1.29 is 9.53 Å². The van der Waals surface area contributed by atoms with E-state index < -0.39 is 0 Å². The smallest absolute Gasteiger partial charge is 0.281 e. The lowest BCUT2D eigenvalue weighted by molar-refractivity contribution is -0.113. The number of carbonyl (C=O) groups is 1. The maximum Gasteiger partial charge on any atom is 0.281 e. The Morgan fingerprint density at radius 1 is 1.00 bits per heavy atom. The third kappa shape index (κ3) is 4.26. The monoisotopic (exact) mass is 414 g/mol. The highest BCUT2D eigenvalue weighted by Gasteiger charge is 2.32. The first-order chi connectivity index (χ1) is 14.5. The summed E-state index contributed by atoms with van der Waals surface area (Å²) in [6.45, 7) is 4.51. The van der Waals surface area contributed by atoms with Gasteiger partial charge in [-0.2, -0.15) is 0 Å². The molecule has 4 nitrogen and oxygen atoms in total. The Morgan fingerprint density at radius 2 is 1.77 bits per heavy atom. The normalized spacial score (nSPS) is 14.9. The zero-order valence-corrected chi connectivity index (χ0v) is 17.7. The molecule has 3 aromatic rings. The molecule has 0 bridgehead atoms. The van der Waals surface area contributed by atoms with Crippen molar-refractivity contribution in [3.8, 4) is 5.75 Å². The number of nitrogens with one attached hydrogen (secondary N) is 1. The van der Waals surface area contributed by atoms with Crippen molar-refractivity contribution in [3.05, 3.63) is 101 Å². The quantitative estimate of drug-likeness (QED) is 0.463. The molecule has 4 rings (SSSR count). The summed E-state index contributed by atoms with van der Waals surface area (Å²) in [5, 5.41) is 3.42. The van der Waals surface area contributed by atoms with E-state index in [1.54, 1.807) is 6.08 Å². The van der Waals surface area contributed by atoms with E-state index in [4.69, 9.17) is 17.0 Å². The number of thiocarbonyl (C=S) groups is 1. The average Bonchev–Trinajstić information content (AvgIpc) is 3.01. The van der Waals surface area contributed by atoms with Crippen LogP contribution in [0.25, 0.3) is 6.08 Å². The third-order valence-corrected chi connectivity index (χ3v) is 5.21. The van der Waals surface area contributed by atoms with Gasteiger partial charge in [-0.15, -0.1) is 0 Å². The summed E-state index contributed by atoms with van der Waals surface area (Å²) in [5.74, 6) is 0.578. The molecule has 1 N–H and O–H groups in total. The lowest BCUT2D eigenvalue weighted by atomic mass is 10.1. The maximum atomic E-state index is 13.0. The summed E-state index contributed by atoms with van der Waals surface area (Å²) in [6.07, 6.45) is 1.80. The molecule has 3 aromatic carbocycles. The minimum atomic E-state index is -0.166. The van der Waals surface area contributed by atoms with Crippen LogP contribution < -0.4 is 15.0 Å². The molecule has 0 aromatic heterocycles. The minimum absolute atomic E-state index is 0.166. The van der Waals surface area contributed by atoms with Crippen LogP contribution in [0.3, 0.4) is 0 Å². The van der Waals surface area contributed by atoms with Gasteiger partial charge in [-0.3, -0.25) is 9.69 Å². The van der Waals surface area contributed by atoms with E-state index in [0.717, 1.165) is 28.1 Å². The molecule has 1 amide bonds. The topological polar surface area (TPSA) is 41.6 Å². The Kier molecular flexibility index (Phi) is 5.63. The lowest BCUT2D eigenvalue weighted by Gasteiger charge is -2.16. The van der Waals surface area contributed by atoms with Crippen LogP contribution in [0.5, 0.6) is 5.75 Å². The van der Waals surface area contributed by atoms with E-state index in [1.165, 1.54) is 10.5 Å². The Bertz CT molecular complexity index is 1140. The largest absolute Gasteiger partial charge is 0.489 e. The van der Waals surface area contributed by atoms with Crippen molar-refractivity contribution in [1.29, 1.82) is 0 Å². The first-order valence-electron chi connectivity index (χ1n) is 9.72. The van der Waals surface area contributed by atoms with Gasteiger partial charge in [0.2, 0.25) is 0 Å². The molecule has 1 aliphatic rings. The molecule has 1 fully saturated rings. The first-order valence-corrected chi connectivity index (χ1v) is 10.1. The van der Waals surface area contributed by atoms with Crippen LogP contribution in [0.1, 0.15) is 22.3 Å². The number of rotatable bonds is 5. The van der Waals surface area contributed by atoms with E-state index >= 15 is 0 Å². The van der Waals surface area contributed by atoms with E-state index in [2.05, 4.69) is 36.5 Å². The van der Waals surface area contributed by atoms with Gasteiger partial charge in [0, 0.05) is 0 Å². The molecule has 5 heteroatoms. The molecular weight excluding hydrogens is 392 g/mol. The van der Waals surface area contributed by atoms with Gasteiger partial charge in [0.25, 0.3) is 5.91 Å². The van der Waals surface area contributed by atoms with Crippen molar-refractivity contribution in [2.45, 2.75) is 20.5 Å². The fourth-order valence-corrected chi connectivity index (χ4v) is 3.57. The van der Waals surface area contributed by atoms with Gasteiger partial charge in [0.1, 0.15) is 18.1 Å². The Hall–Kier alpha value is -3.44. The number of nitrogens with zero attached hydrogens (tertiary/aromatic N) is 1. The van der Waals surface area contributed by atoms with E-state index in [0.29, 0.717) is 17.4 Å². The van der Waals surface area contributed by atoms with Crippen molar-refractivity contribution in [3.63, 3.8) is 0 Å². The average molecular weight is 415 g/mol. The van der Waals surface area contributed by atoms with Gasteiger partial charge in [0.05, 0.1) is 5.69 Å². The van der Waals surface area contributed by atoms with Crippen molar-refractivity contribution in [2.24, 2.45) is 0 Å². The van der Waals surface area contributed by atoms with Crippen LogP contribution in [0.2, 0.25) is 0 Å². The summed E-state index contributed by atoms with van der Waals surface area (Å²) in [4.78, 5) is 14.5. The molecule has 1 saturated heterocycles. The van der Waals surface area contributed by atoms with E-state index in [1.807, 2.05) is 55.5 Å². The number of amides is 1. The van der Waals surface area contributed by atoms with Crippen LogP contribution in [-0.2, 0) is 11.4 Å². The molecule has 0 saturated carbocycles. The second-order valence-corrected chi connectivity index (χ2v) is 7.65.